The highest BCUT2D eigenvalue weighted by Gasteiger charge is 2.28. The van der Waals surface area contributed by atoms with Crippen LogP contribution in [-0.4, -0.2) is 57.3 Å². The number of aliphatic hydroxyl groups is 4. The van der Waals surface area contributed by atoms with Crippen LogP contribution < -0.4 is 5.32 Å². The first kappa shape index (κ1) is 43.3. The number of nitrogens with one attached hydrogen (secondary N) is 1. The van der Waals surface area contributed by atoms with Gasteiger partial charge in [0.2, 0.25) is 5.91 Å². The van der Waals surface area contributed by atoms with E-state index in [0.717, 1.165) is 44.4 Å². The van der Waals surface area contributed by atoms with Crippen LogP contribution in [-0.2, 0) is 4.79 Å². The maximum atomic E-state index is 12.4. The summed E-state index contributed by atoms with van der Waals surface area (Å²) in [4.78, 5) is 12.4. The van der Waals surface area contributed by atoms with E-state index in [1.54, 1.807) is 0 Å². The summed E-state index contributed by atoms with van der Waals surface area (Å²) in [5.41, 5.74) is 0. The molecule has 0 aromatic heterocycles. The molecule has 0 saturated heterocycles. The Morgan fingerprint density at radius 2 is 0.864 bits per heavy atom. The fourth-order valence-electron chi connectivity index (χ4n) is 6.12. The van der Waals surface area contributed by atoms with Crippen molar-refractivity contribution in [3.63, 3.8) is 0 Å². The molecule has 0 saturated carbocycles. The minimum Gasteiger partial charge on any atom is -0.394 e. The van der Waals surface area contributed by atoms with Gasteiger partial charge in [0.15, 0.2) is 0 Å². The topological polar surface area (TPSA) is 110 Å². The molecular formula is C38H77NO5. The van der Waals surface area contributed by atoms with Crippen LogP contribution >= 0.6 is 0 Å². The van der Waals surface area contributed by atoms with Gasteiger partial charge < -0.3 is 25.7 Å². The predicted molar refractivity (Wildman–Crippen MR) is 187 cm³/mol. The summed E-state index contributed by atoms with van der Waals surface area (Å²) < 4.78 is 0. The molecule has 0 aliphatic rings. The van der Waals surface area contributed by atoms with Crippen molar-refractivity contribution in [2.24, 2.45) is 5.92 Å². The summed E-state index contributed by atoms with van der Waals surface area (Å²) in [5.74, 6) is 0.268. The minimum absolute atomic E-state index is 0.374. The van der Waals surface area contributed by atoms with E-state index in [-0.39, 0.29) is 0 Å². The van der Waals surface area contributed by atoms with Crippen LogP contribution in [0.25, 0.3) is 0 Å². The van der Waals surface area contributed by atoms with Gasteiger partial charge in [-0.3, -0.25) is 4.79 Å². The Labute approximate surface area is 273 Å². The van der Waals surface area contributed by atoms with Gasteiger partial charge in [0.1, 0.15) is 12.2 Å². The van der Waals surface area contributed by atoms with Gasteiger partial charge in [-0.2, -0.15) is 0 Å². The lowest BCUT2D eigenvalue weighted by molar-refractivity contribution is -0.132. The zero-order valence-electron chi connectivity index (χ0n) is 29.6. The normalized spacial score (nSPS) is 14.5. The molecular weight excluding hydrogens is 550 g/mol. The number of aliphatic hydroxyl groups excluding tert-OH is 4. The van der Waals surface area contributed by atoms with E-state index in [9.17, 15) is 25.2 Å². The van der Waals surface area contributed by atoms with Gasteiger partial charge in [0, 0.05) is 0 Å². The van der Waals surface area contributed by atoms with E-state index in [1.165, 1.54) is 128 Å². The van der Waals surface area contributed by atoms with Gasteiger partial charge in [0.05, 0.1) is 18.8 Å². The number of amides is 1. The quantitative estimate of drug-likeness (QED) is 0.0457. The monoisotopic (exact) mass is 628 g/mol. The fraction of sp³-hybridized carbons (Fsp3) is 0.974. The lowest BCUT2D eigenvalue weighted by atomic mass is 9.99. The van der Waals surface area contributed by atoms with E-state index in [1.807, 2.05) is 0 Å². The highest BCUT2D eigenvalue weighted by Crippen LogP contribution is 2.17. The van der Waals surface area contributed by atoms with Crippen LogP contribution in [0.4, 0.5) is 0 Å². The second-order valence-electron chi connectivity index (χ2n) is 14.1. The Bertz CT molecular complexity index is 602. The molecule has 0 aliphatic carbocycles. The molecule has 0 unspecified atom stereocenters. The first-order chi connectivity index (χ1) is 21.3. The second kappa shape index (κ2) is 32.3. The standard InChI is InChI=1S/C38H77NO5/c1-4-5-6-7-8-17-21-24-27-30-35(41)37(43)34(32-40)39-38(44)36(42)31-28-25-22-19-16-14-12-10-9-11-13-15-18-20-23-26-29-33(2)3/h33-37,40-43H,4-32H2,1-3H3,(H,39,44)/t34-,35+,36+,37-/m0/s1. The zero-order chi connectivity index (χ0) is 32.7. The van der Waals surface area contributed by atoms with Gasteiger partial charge in [0.25, 0.3) is 0 Å². The molecule has 0 spiro atoms. The Hall–Kier alpha value is -0.690. The largest absolute Gasteiger partial charge is 0.394 e. The maximum Gasteiger partial charge on any atom is 0.249 e. The van der Waals surface area contributed by atoms with Gasteiger partial charge in [-0.25, -0.2) is 0 Å². The SMILES string of the molecule is CCCCCCCCCCC[C@@H](O)[C@@H](O)[C@H](CO)NC(=O)[C@H](O)CCCCCCCCCCCCCCCCCCC(C)C. The Morgan fingerprint density at radius 1 is 0.523 bits per heavy atom. The maximum absolute atomic E-state index is 12.4. The van der Waals surface area contributed by atoms with Gasteiger partial charge in [-0.1, -0.05) is 188 Å². The highest BCUT2D eigenvalue weighted by molar-refractivity contribution is 5.80. The molecule has 5 N–H and O–H groups in total. The van der Waals surface area contributed by atoms with Crippen molar-refractivity contribution in [1.82, 2.24) is 5.32 Å². The molecule has 0 rings (SSSR count). The molecule has 0 aliphatic heterocycles. The molecule has 1 amide bonds. The predicted octanol–water partition coefficient (Wildman–Crippen LogP) is 9.14. The molecule has 0 fully saturated rings. The average Bonchev–Trinajstić information content (AvgIpc) is 3.01. The van der Waals surface area contributed by atoms with Crippen molar-refractivity contribution in [1.29, 1.82) is 0 Å². The Morgan fingerprint density at radius 3 is 1.23 bits per heavy atom. The molecule has 44 heavy (non-hydrogen) atoms. The smallest absolute Gasteiger partial charge is 0.249 e. The van der Waals surface area contributed by atoms with Crippen molar-refractivity contribution in [2.45, 2.75) is 225 Å². The number of carbonyl (C=O) groups is 1. The Kier molecular flexibility index (Phi) is 31.8. The molecule has 0 aromatic carbocycles. The van der Waals surface area contributed by atoms with Crippen LogP contribution in [0, 0.1) is 5.92 Å². The lowest BCUT2D eigenvalue weighted by Gasteiger charge is -2.27. The van der Waals surface area contributed by atoms with Crippen LogP contribution in [0.2, 0.25) is 0 Å². The summed E-state index contributed by atoms with van der Waals surface area (Å²) in [6.45, 7) is 6.37. The summed E-state index contributed by atoms with van der Waals surface area (Å²) in [7, 11) is 0. The van der Waals surface area contributed by atoms with E-state index >= 15 is 0 Å². The summed E-state index contributed by atoms with van der Waals surface area (Å²) in [6.07, 6.45) is 29.9. The van der Waals surface area contributed by atoms with Crippen molar-refractivity contribution in [2.75, 3.05) is 6.61 Å². The number of hydrogen-bond donors (Lipinski definition) is 5. The number of unbranched alkanes of at least 4 members (excludes halogenated alkanes) is 23. The molecule has 0 aromatic rings. The average molecular weight is 628 g/mol. The number of rotatable bonds is 34. The van der Waals surface area contributed by atoms with Crippen LogP contribution in [0.3, 0.4) is 0 Å². The molecule has 0 radical (unpaired) electrons. The number of carbonyl (C=O) groups excluding carboxylic acids is 1. The first-order valence-corrected chi connectivity index (χ1v) is 19.3. The van der Waals surface area contributed by atoms with Gasteiger partial charge in [-0.15, -0.1) is 0 Å². The van der Waals surface area contributed by atoms with Crippen LogP contribution in [0.5, 0.6) is 0 Å². The number of hydrogen-bond acceptors (Lipinski definition) is 5. The van der Waals surface area contributed by atoms with E-state index in [2.05, 4.69) is 26.1 Å². The molecule has 4 atom stereocenters. The molecule has 6 nitrogen and oxygen atoms in total. The minimum atomic E-state index is -1.25. The third-order valence-electron chi connectivity index (χ3n) is 9.25. The van der Waals surface area contributed by atoms with Crippen LogP contribution in [0.15, 0.2) is 0 Å². The van der Waals surface area contributed by atoms with E-state index in [0.29, 0.717) is 12.8 Å². The van der Waals surface area contributed by atoms with E-state index in [4.69, 9.17) is 0 Å². The fourth-order valence-corrected chi connectivity index (χ4v) is 6.12. The van der Waals surface area contributed by atoms with Crippen molar-refractivity contribution < 1.29 is 25.2 Å². The molecule has 264 valence electrons. The van der Waals surface area contributed by atoms with Crippen LogP contribution in [0.1, 0.15) is 201 Å². The summed E-state index contributed by atoms with van der Waals surface area (Å²) in [5, 5.41) is 43.4. The highest BCUT2D eigenvalue weighted by atomic mass is 16.3. The molecule has 6 heteroatoms. The lowest BCUT2D eigenvalue weighted by Crippen LogP contribution is -2.53. The van der Waals surface area contributed by atoms with Crippen molar-refractivity contribution >= 4 is 5.91 Å². The third-order valence-corrected chi connectivity index (χ3v) is 9.25. The molecule has 0 bridgehead atoms. The summed E-state index contributed by atoms with van der Waals surface area (Å²) in [6, 6.07) is -0.977. The van der Waals surface area contributed by atoms with Crippen molar-refractivity contribution in [3.05, 3.63) is 0 Å². The van der Waals surface area contributed by atoms with E-state index < -0.39 is 36.9 Å². The first-order valence-electron chi connectivity index (χ1n) is 19.3. The Balaban J connectivity index is 3.71. The molecule has 0 heterocycles. The van der Waals surface area contributed by atoms with Gasteiger partial charge in [-0.05, 0) is 18.8 Å². The van der Waals surface area contributed by atoms with Crippen molar-refractivity contribution in [3.8, 4) is 0 Å². The third kappa shape index (κ3) is 27.6. The zero-order valence-corrected chi connectivity index (χ0v) is 29.6. The second-order valence-corrected chi connectivity index (χ2v) is 14.1. The van der Waals surface area contributed by atoms with Gasteiger partial charge >= 0.3 is 0 Å². The summed E-state index contributed by atoms with van der Waals surface area (Å²) >= 11 is 0.